The maximum atomic E-state index is 5.27. The van der Waals surface area contributed by atoms with Gasteiger partial charge in [-0.15, -0.1) is 5.10 Å². The van der Waals surface area contributed by atoms with E-state index in [4.69, 9.17) is 17.0 Å². The molecule has 1 saturated heterocycles. The first kappa shape index (κ1) is 9.11. The summed E-state index contributed by atoms with van der Waals surface area (Å²) in [5.41, 5.74) is 0. The van der Waals surface area contributed by atoms with E-state index in [1.807, 2.05) is 0 Å². The largest absolute Gasteiger partial charge is 0.380 e. The van der Waals surface area contributed by atoms with E-state index >= 15 is 0 Å². The summed E-state index contributed by atoms with van der Waals surface area (Å²) in [6.45, 7) is 1.93. The number of ether oxygens (including phenoxy) is 1. The Bertz CT molecular complexity index is 334. The van der Waals surface area contributed by atoms with Crippen molar-refractivity contribution in [3.63, 3.8) is 0 Å². The van der Waals surface area contributed by atoms with Crippen molar-refractivity contribution in [3.05, 3.63) is 3.95 Å². The predicted octanol–water partition coefficient (Wildman–Crippen LogP) is 1.43. The van der Waals surface area contributed by atoms with Crippen LogP contribution in [0.1, 0.15) is 6.42 Å². The summed E-state index contributed by atoms with van der Waals surface area (Å²) in [5.74, 6) is 0. The van der Waals surface area contributed by atoms with Crippen molar-refractivity contribution in [3.8, 4) is 0 Å². The monoisotopic (exact) mass is 217 g/mol. The van der Waals surface area contributed by atoms with E-state index in [0.29, 0.717) is 6.10 Å². The number of H-pyrrole nitrogens is 1. The van der Waals surface area contributed by atoms with Crippen molar-refractivity contribution in [1.82, 2.24) is 10.2 Å². The summed E-state index contributed by atoms with van der Waals surface area (Å²) in [7, 11) is 1.75. The number of aromatic nitrogens is 2. The van der Waals surface area contributed by atoms with Gasteiger partial charge in [0.1, 0.15) is 0 Å². The van der Waals surface area contributed by atoms with Crippen LogP contribution in [0.3, 0.4) is 0 Å². The van der Waals surface area contributed by atoms with Gasteiger partial charge in [0.2, 0.25) is 5.13 Å². The second-order valence-corrected chi connectivity index (χ2v) is 4.63. The van der Waals surface area contributed by atoms with Crippen LogP contribution < -0.4 is 4.90 Å². The maximum absolute atomic E-state index is 5.27. The highest BCUT2D eigenvalue weighted by atomic mass is 32.1. The van der Waals surface area contributed by atoms with Crippen LogP contribution in [0.4, 0.5) is 5.13 Å². The van der Waals surface area contributed by atoms with Crippen LogP contribution in [-0.2, 0) is 4.74 Å². The van der Waals surface area contributed by atoms with Gasteiger partial charge in [0.05, 0.1) is 6.10 Å². The van der Waals surface area contributed by atoms with Crippen LogP contribution in [0.5, 0.6) is 0 Å². The van der Waals surface area contributed by atoms with E-state index in [-0.39, 0.29) is 0 Å². The third kappa shape index (κ3) is 1.90. The minimum atomic E-state index is 0.345. The summed E-state index contributed by atoms with van der Waals surface area (Å²) in [4.78, 5) is 2.20. The highest BCUT2D eigenvalue weighted by Gasteiger charge is 2.23. The molecule has 1 aliphatic rings. The zero-order valence-corrected chi connectivity index (χ0v) is 8.95. The molecule has 0 radical (unpaired) electrons. The molecule has 13 heavy (non-hydrogen) atoms. The fraction of sp³-hybridized carbons (Fsp3) is 0.714. The van der Waals surface area contributed by atoms with Gasteiger partial charge in [-0.25, -0.2) is 0 Å². The molecule has 1 aliphatic heterocycles. The number of methoxy groups -OCH3 is 1. The fourth-order valence-electron chi connectivity index (χ4n) is 1.45. The lowest BCUT2D eigenvalue weighted by Crippen LogP contribution is -2.21. The molecular weight excluding hydrogens is 206 g/mol. The Balaban J connectivity index is 2.07. The molecule has 6 heteroatoms. The van der Waals surface area contributed by atoms with Crippen LogP contribution in [0.15, 0.2) is 0 Å². The topological polar surface area (TPSA) is 41.1 Å². The lowest BCUT2D eigenvalue weighted by Gasteiger charge is -2.12. The van der Waals surface area contributed by atoms with Crippen molar-refractivity contribution in [2.75, 3.05) is 25.1 Å². The summed E-state index contributed by atoms with van der Waals surface area (Å²) in [6, 6.07) is 0. The van der Waals surface area contributed by atoms with Crippen LogP contribution in [0, 0.1) is 3.95 Å². The zero-order chi connectivity index (χ0) is 9.26. The van der Waals surface area contributed by atoms with E-state index in [1.54, 1.807) is 7.11 Å². The maximum Gasteiger partial charge on any atom is 0.207 e. The number of rotatable bonds is 2. The van der Waals surface area contributed by atoms with Crippen LogP contribution in [-0.4, -0.2) is 36.5 Å². The van der Waals surface area contributed by atoms with Crippen molar-refractivity contribution in [2.45, 2.75) is 12.5 Å². The third-order valence-corrected chi connectivity index (χ3v) is 3.33. The second-order valence-electron chi connectivity index (χ2n) is 2.99. The van der Waals surface area contributed by atoms with E-state index < -0.39 is 0 Å². The number of nitrogens with one attached hydrogen (secondary N) is 1. The number of nitrogens with zero attached hydrogens (tertiary/aromatic N) is 2. The molecule has 1 atom stereocenters. The van der Waals surface area contributed by atoms with Gasteiger partial charge in [0.15, 0.2) is 3.95 Å². The van der Waals surface area contributed by atoms with Crippen LogP contribution in [0.25, 0.3) is 0 Å². The molecule has 0 saturated carbocycles. The van der Waals surface area contributed by atoms with E-state index in [1.165, 1.54) is 11.3 Å². The molecule has 0 aliphatic carbocycles. The van der Waals surface area contributed by atoms with Gasteiger partial charge in [0, 0.05) is 20.2 Å². The van der Waals surface area contributed by atoms with Gasteiger partial charge in [0.25, 0.3) is 0 Å². The SMILES string of the molecule is COC1CCN(c2n[nH]c(=S)s2)C1. The molecule has 0 spiro atoms. The second kappa shape index (κ2) is 3.73. The molecule has 1 fully saturated rings. The molecule has 1 unspecified atom stereocenters. The standard InChI is InChI=1S/C7H11N3OS2/c1-11-5-2-3-10(4-5)6-8-9-7(12)13-6/h5H,2-4H2,1H3,(H,9,12). The van der Waals surface area contributed by atoms with Gasteiger partial charge in [-0.05, 0) is 18.6 Å². The molecule has 1 aromatic rings. The Labute approximate surface area is 85.5 Å². The Kier molecular flexibility index (Phi) is 2.61. The summed E-state index contributed by atoms with van der Waals surface area (Å²) >= 11 is 6.48. The number of hydrogen-bond acceptors (Lipinski definition) is 5. The molecular formula is C7H11N3OS2. The molecule has 1 N–H and O–H groups in total. The molecule has 0 amide bonds. The Morgan fingerprint density at radius 3 is 3.15 bits per heavy atom. The van der Waals surface area contributed by atoms with Crippen LogP contribution in [0.2, 0.25) is 0 Å². The third-order valence-electron chi connectivity index (χ3n) is 2.18. The molecule has 1 aromatic heterocycles. The summed E-state index contributed by atoms with van der Waals surface area (Å²) < 4.78 is 6.00. The van der Waals surface area contributed by atoms with E-state index in [0.717, 1.165) is 28.6 Å². The van der Waals surface area contributed by atoms with Crippen molar-refractivity contribution >= 4 is 28.7 Å². The van der Waals surface area contributed by atoms with E-state index in [9.17, 15) is 0 Å². The van der Waals surface area contributed by atoms with Gasteiger partial charge < -0.3 is 9.64 Å². The number of aromatic amines is 1. The van der Waals surface area contributed by atoms with Gasteiger partial charge in [-0.1, -0.05) is 11.3 Å². The van der Waals surface area contributed by atoms with Crippen molar-refractivity contribution in [1.29, 1.82) is 0 Å². The minimum Gasteiger partial charge on any atom is -0.380 e. The highest BCUT2D eigenvalue weighted by molar-refractivity contribution is 7.73. The Hall–Kier alpha value is -0.460. The molecule has 2 rings (SSSR count). The zero-order valence-electron chi connectivity index (χ0n) is 7.32. The molecule has 72 valence electrons. The normalized spacial score (nSPS) is 22.5. The van der Waals surface area contributed by atoms with Crippen molar-refractivity contribution < 1.29 is 4.74 Å². The number of hydrogen-bond donors (Lipinski definition) is 1. The predicted molar refractivity (Wildman–Crippen MR) is 54.9 cm³/mol. The minimum absolute atomic E-state index is 0.345. The first-order valence-electron chi connectivity index (χ1n) is 4.13. The smallest absolute Gasteiger partial charge is 0.207 e. The number of anilines is 1. The summed E-state index contributed by atoms with van der Waals surface area (Å²) in [5, 5.41) is 7.88. The summed E-state index contributed by atoms with van der Waals surface area (Å²) in [6.07, 6.45) is 1.42. The quantitative estimate of drug-likeness (QED) is 0.761. The molecule has 0 bridgehead atoms. The van der Waals surface area contributed by atoms with Gasteiger partial charge in [-0.2, -0.15) is 0 Å². The first-order valence-corrected chi connectivity index (χ1v) is 5.35. The Morgan fingerprint density at radius 1 is 1.77 bits per heavy atom. The average Bonchev–Trinajstić information content (AvgIpc) is 2.71. The fourth-order valence-corrected chi connectivity index (χ4v) is 2.36. The Morgan fingerprint density at radius 2 is 2.62 bits per heavy atom. The molecule has 0 aromatic carbocycles. The van der Waals surface area contributed by atoms with Crippen molar-refractivity contribution in [2.24, 2.45) is 0 Å². The van der Waals surface area contributed by atoms with Crippen LogP contribution >= 0.6 is 23.6 Å². The van der Waals surface area contributed by atoms with Gasteiger partial charge >= 0.3 is 0 Å². The average molecular weight is 217 g/mol. The highest BCUT2D eigenvalue weighted by Crippen LogP contribution is 2.23. The molecule has 4 nitrogen and oxygen atoms in total. The van der Waals surface area contributed by atoms with E-state index in [2.05, 4.69) is 15.1 Å². The molecule has 2 heterocycles. The lowest BCUT2D eigenvalue weighted by molar-refractivity contribution is 0.121. The van der Waals surface area contributed by atoms with Gasteiger partial charge in [-0.3, -0.25) is 5.10 Å². The lowest BCUT2D eigenvalue weighted by atomic mass is 10.3. The first-order chi connectivity index (χ1) is 6.29.